The molecule has 0 aliphatic carbocycles. The van der Waals surface area contributed by atoms with E-state index in [1.807, 2.05) is 0 Å². The molecular weight excluding hydrogens is 454 g/mol. The second kappa shape index (κ2) is 10.9. The fourth-order valence-electron chi connectivity index (χ4n) is 3.34. The summed E-state index contributed by atoms with van der Waals surface area (Å²) >= 11 is 0. The topological polar surface area (TPSA) is 207 Å². The summed E-state index contributed by atoms with van der Waals surface area (Å²) in [6, 6.07) is 3.42. The van der Waals surface area contributed by atoms with E-state index in [4.69, 9.17) is 4.74 Å². The Kier molecular flexibility index (Phi) is 8.29. The molecule has 0 radical (unpaired) electrons. The molecule has 1 aromatic carbocycles. The number of Topliss-reactive ketones (excluding diaryl/α,β-unsaturated/α-hetero) is 1. The van der Waals surface area contributed by atoms with Crippen LogP contribution in [0.15, 0.2) is 24.3 Å². The van der Waals surface area contributed by atoms with Crippen LogP contribution in [0.1, 0.15) is 19.4 Å². The van der Waals surface area contributed by atoms with Crippen LogP contribution in [0.25, 0.3) is 5.53 Å². The molecule has 2 rings (SSSR count). The molecule has 2 N–H and O–H groups in total. The number of nitrogens with zero attached hydrogens (tertiary/aromatic N) is 3. The molecule has 1 saturated heterocycles. The van der Waals surface area contributed by atoms with Gasteiger partial charge in [-0.15, -0.1) is 0 Å². The average Bonchev–Trinajstić information content (AvgIpc) is 2.80. The number of amides is 2. The molecule has 2 amide bonds. The van der Waals surface area contributed by atoms with Gasteiger partial charge >= 0.3 is 23.6 Å². The summed E-state index contributed by atoms with van der Waals surface area (Å²) in [5.74, 6) is -6.87. The highest BCUT2D eigenvalue weighted by atomic mass is 16.6. The van der Waals surface area contributed by atoms with Gasteiger partial charge in [0.15, 0.2) is 0 Å². The number of methoxy groups -OCH3 is 1. The van der Waals surface area contributed by atoms with E-state index in [1.165, 1.54) is 38.1 Å². The molecular formula is C20H21N5O9. The van der Waals surface area contributed by atoms with E-state index < -0.39 is 64.1 Å². The van der Waals surface area contributed by atoms with Crippen LogP contribution in [0, 0.1) is 22.0 Å². The number of esters is 2. The number of benzene rings is 1. The Labute approximate surface area is 192 Å². The highest BCUT2D eigenvalue weighted by Gasteiger charge is 2.51. The third-order valence-electron chi connectivity index (χ3n) is 5.26. The first-order valence-electron chi connectivity index (χ1n) is 9.87. The van der Waals surface area contributed by atoms with Crippen molar-refractivity contribution >= 4 is 40.9 Å². The Morgan fingerprint density at radius 1 is 1.21 bits per heavy atom. The first-order chi connectivity index (χ1) is 16.0. The Morgan fingerprint density at radius 2 is 1.82 bits per heavy atom. The molecule has 14 heteroatoms. The Morgan fingerprint density at radius 3 is 2.32 bits per heavy atom. The number of nitro groups is 1. The molecule has 180 valence electrons. The van der Waals surface area contributed by atoms with Crippen LogP contribution in [-0.2, 0) is 40.1 Å². The smallest absolute Gasteiger partial charge is 0.441 e. The van der Waals surface area contributed by atoms with E-state index in [1.54, 1.807) is 0 Å². The summed E-state index contributed by atoms with van der Waals surface area (Å²) in [4.78, 5) is 72.9. The summed E-state index contributed by atoms with van der Waals surface area (Å²) in [6.07, 6.45) is 0. The first kappa shape index (κ1) is 25.8. The number of carbonyl (C=O) groups is 5. The summed E-state index contributed by atoms with van der Waals surface area (Å²) in [7, 11) is 1.02. The van der Waals surface area contributed by atoms with Gasteiger partial charge in [-0.05, 0) is 24.6 Å². The zero-order chi connectivity index (χ0) is 25.6. The second-order valence-corrected chi connectivity index (χ2v) is 7.42. The molecule has 1 fully saturated rings. The van der Waals surface area contributed by atoms with E-state index in [0.717, 1.165) is 7.11 Å². The average molecular weight is 475 g/mol. The Bertz CT molecular complexity index is 1080. The lowest BCUT2D eigenvalue weighted by Gasteiger charge is -2.42. The number of rotatable bonds is 9. The van der Waals surface area contributed by atoms with E-state index in [-0.39, 0.29) is 12.3 Å². The number of nitro benzene ring substituents is 1. The van der Waals surface area contributed by atoms with Gasteiger partial charge in [-0.3, -0.25) is 24.5 Å². The lowest BCUT2D eigenvalue weighted by atomic mass is 9.75. The third kappa shape index (κ3) is 5.66. The molecule has 0 bridgehead atoms. The number of ketones is 1. The van der Waals surface area contributed by atoms with E-state index in [2.05, 4.69) is 20.2 Å². The van der Waals surface area contributed by atoms with Gasteiger partial charge in [0.1, 0.15) is 6.61 Å². The zero-order valence-electron chi connectivity index (χ0n) is 18.3. The fourth-order valence-corrected chi connectivity index (χ4v) is 3.34. The van der Waals surface area contributed by atoms with Crippen molar-refractivity contribution in [2.45, 2.75) is 32.5 Å². The normalized spacial score (nSPS) is 18.1. The Hall–Kier alpha value is -4.45. The van der Waals surface area contributed by atoms with Gasteiger partial charge in [-0.25, -0.2) is 9.59 Å². The minimum absolute atomic E-state index is 0.161. The highest BCUT2D eigenvalue weighted by molar-refractivity contribution is 6.62. The minimum atomic E-state index is -1.24. The maximum Gasteiger partial charge on any atom is 0.441 e. The molecule has 1 heterocycles. The lowest BCUT2D eigenvalue weighted by molar-refractivity contribution is -0.384. The largest absolute Gasteiger partial charge is 0.462 e. The summed E-state index contributed by atoms with van der Waals surface area (Å²) in [5.41, 5.74) is 8.52. The number of nitrogens with one attached hydrogen (secondary N) is 2. The molecule has 1 aliphatic heterocycles. The molecule has 14 nitrogen and oxygen atoms in total. The van der Waals surface area contributed by atoms with Crippen molar-refractivity contribution in [2.75, 3.05) is 7.11 Å². The van der Waals surface area contributed by atoms with Crippen LogP contribution in [-0.4, -0.2) is 64.2 Å². The van der Waals surface area contributed by atoms with Gasteiger partial charge in [0.25, 0.3) is 11.5 Å². The molecule has 1 unspecified atom stereocenters. The summed E-state index contributed by atoms with van der Waals surface area (Å²) in [6.45, 7) is 2.48. The quantitative estimate of drug-likeness (QED) is 0.0532. The van der Waals surface area contributed by atoms with Gasteiger partial charge in [0, 0.05) is 24.1 Å². The molecule has 1 aliphatic rings. The fraction of sp³-hybridized carbons (Fsp3) is 0.400. The molecule has 1 aromatic rings. The molecule has 0 spiro atoms. The number of non-ortho nitro benzene ring substituents is 1. The van der Waals surface area contributed by atoms with Crippen molar-refractivity contribution in [3.05, 3.63) is 45.5 Å². The van der Waals surface area contributed by atoms with Gasteiger partial charge < -0.3 is 25.6 Å². The predicted octanol–water partition coefficient (Wildman–Crippen LogP) is -0.694. The van der Waals surface area contributed by atoms with Crippen molar-refractivity contribution in [1.82, 2.24) is 10.6 Å². The van der Waals surface area contributed by atoms with Gasteiger partial charge in [0.05, 0.1) is 24.0 Å². The standard InChI is InChI=1S/C20H21N5O9/c1-9(14-13(17(27)23-14)10(2)22-18(28)20(30)33-3)16(26)15(24-21)19(29)34-8-11-4-6-12(7-5-11)25(31)32/h4-7,9-10,13-14H,8H2,1-3H3,(H,22,28)(H,23,27)/t9?,10-,13-,14-/m1/s1. The maximum absolute atomic E-state index is 12.8. The van der Waals surface area contributed by atoms with Crippen molar-refractivity contribution < 1.29 is 43.2 Å². The number of hydrogen-bond donors (Lipinski definition) is 2. The lowest BCUT2D eigenvalue weighted by Crippen LogP contribution is -2.68. The summed E-state index contributed by atoms with van der Waals surface area (Å²) < 4.78 is 9.25. The SMILES string of the molecule is COC(=O)C(=O)N[C@H](C)[C@H]1C(=O)N[C@@H]1C(C)C(=O)C(=[N+]=[N-])C(=O)OCc1ccc([N+](=O)[O-])cc1. The molecule has 0 aromatic heterocycles. The van der Waals surface area contributed by atoms with Crippen LogP contribution in [0.2, 0.25) is 0 Å². The number of carbonyl (C=O) groups excluding carboxylic acids is 5. The maximum atomic E-state index is 12.8. The van der Waals surface area contributed by atoms with Crippen LogP contribution < -0.4 is 10.6 Å². The monoisotopic (exact) mass is 475 g/mol. The van der Waals surface area contributed by atoms with Gasteiger partial charge in [-0.1, -0.05) is 6.92 Å². The van der Waals surface area contributed by atoms with Crippen molar-refractivity contribution in [1.29, 1.82) is 0 Å². The number of hydrogen-bond acceptors (Lipinski definition) is 9. The molecule has 34 heavy (non-hydrogen) atoms. The molecule has 0 saturated carbocycles. The van der Waals surface area contributed by atoms with Gasteiger partial charge in [0.2, 0.25) is 5.91 Å². The van der Waals surface area contributed by atoms with Crippen molar-refractivity contribution in [3.8, 4) is 0 Å². The van der Waals surface area contributed by atoms with Crippen LogP contribution >= 0.6 is 0 Å². The van der Waals surface area contributed by atoms with Crippen LogP contribution in [0.5, 0.6) is 0 Å². The Balaban J connectivity index is 2.02. The number of ether oxygens (including phenoxy) is 2. The highest BCUT2D eigenvalue weighted by Crippen LogP contribution is 2.26. The van der Waals surface area contributed by atoms with E-state index in [0.29, 0.717) is 5.56 Å². The van der Waals surface area contributed by atoms with Gasteiger partial charge in [-0.2, -0.15) is 4.79 Å². The third-order valence-corrected chi connectivity index (χ3v) is 5.26. The number of β-lactam (4-membered cyclic amide) rings is 1. The summed E-state index contributed by atoms with van der Waals surface area (Å²) in [5, 5.41) is 15.5. The van der Waals surface area contributed by atoms with E-state index in [9.17, 15) is 39.6 Å². The first-order valence-corrected chi connectivity index (χ1v) is 9.87. The zero-order valence-corrected chi connectivity index (χ0v) is 18.3. The van der Waals surface area contributed by atoms with E-state index >= 15 is 0 Å². The minimum Gasteiger partial charge on any atom is -0.462 e. The van der Waals surface area contributed by atoms with Crippen LogP contribution in [0.4, 0.5) is 5.69 Å². The second-order valence-electron chi connectivity index (χ2n) is 7.42. The molecule has 4 atom stereocenters. The predicted molar refractivity (Wildman–Crippen MR) is 111 cm³/mol. The van der Waals surface area contributed by atoms with Crippen LogP contribution in [0.3, 0.4) is 0 Å². The van der Waals surface area contributed by atoms with Crippen molar-refractivity contribution in [3.63, 3.8) is 0 Å². The van der Waals surface area contributed by atoms with Crippen molar-refractivity contribution in [2.24, 2.45) is 11.8 Å².